The first-order chi connectivity index (χ1) is 6.37. The lowest BCUT2D eigenvalue weighted by Crippen LogP contribution is -1.91. The lowest BCUT2D eigenvalue weighted by molar-refractivity contribution is 0.151. The second-order valence-corrected chi connectivity index (χ2v) is 4.17. The van der Waals surface area contributed by atoms with E-state index in [1.807, 2.05) is 0 Å². The van der Waals surface area contributed by atoms with Crippen molar-refractivity contribution in [1.29, 1.82) is 0 Å². The highest BCUT2D eigenvalue weighted by atomic mass is 35.5. The monoisotopic (exact) mass is 298 g/mol. The van der Waals surface area contributed by atoms with Gasteiger partial charge in [0.15, 0.2) is 0 Å². The highest BCUT2D eigenvalue weighted by Crippen LogP contribution is 2.46. The van der Waals surface area contributed by atoms with Gasteiger partial charge in [0, 0.05) is 0 Å². The summed E-state index contributed by atoms with van der Waals surface area (Å²) < 4.78 is 24.9. The van der Waals surface area contributed by atoms with Crippen LogP contribution in [0.2, 0.25) is 25.1 Å². The van der Waals surface area contributed by atoms with Gasteiger partial charge in [-0.25, -0.2) is 8.78 Å². The molecule has 0 heterocycles. The largest absolute Gasteiger partial charge is 0.266 e. The van der Waals surface area contributed by atoms with Crippen molar-refractivity contribution in [2.45, 2.75) is 6.43 Å². The van der Waals surface area contributed by atoms with Gasteiger partial charge in [-0.05, 0) is 0 Å². The molecule has 0 aliphatic heterocycles. The van der Waals surface area contributed by atoms with Crippen LogP contribution in [0.25, 0.3) is 0 Å². The molecule has 0 amide bonds. The van der Waals surface area contributed by atoms with E-state index in [2.05, 4.69) is 0 Å². The number of hydrogen-bond donors (Lipinski definition) is 0. The van der Waals surface area contributed by atoms with Crippen molar-refractivity contribution in [2.75, 3.05) is 0 Å². The molecule has 78 valence electrons. The molecule has 0 fully saturated rings. The molecule has 0 radical (unpaired) electrons. The van der Waals surface area contributed by atoms with E-state index in [-0.39, 0.29) is 25.1 Å². The van der Waals surface area contributed by atoms with E-state index in [1.54, 1.807) is 0 Å². The molecule has 1 aromatic rings. The van der Waals surface area contributed by atoms with Gasteiger partial charge in [-0.1, -0.05) is 58.0 Å². The normalized spacial score (nSPS) is 11.1. The molecule has 1 aromatic carbocycles. The summed E-state index contributed by atoms with van der Waals surface area (Å²) in [6, 6.07) is 0. The maximum atomic E-state index is 12.5. The minimum absolute atomic E-state index is 0.132. The molecule has 0 saturated heterocycles. The predicted octanol–water partition coefficient (Wildman–Crippen LogP) is 5.89. The summed E-state index contributed by atoms with van der Waals surface area (Å²) in [4.78, 5) is 0. The van der Waals surface area contributed by atoms with Crippen LogP contribution in [-0.4, -0.2) is 0 Å². The first-order valence-corrected chi connectivity index (χ1v) is 5.06. The van der Waals surface area contributed by atoms with Crippen LogP contribution >= 0.6 is 58.0 Å². The van der Waals surface area contributed by atoms with Crippen molar-refractivity contribution < 1.29 is 8.78 Å². The Morgan fingerprint density at radius 1 is 0.643 bits per heavy atom. The average molecular weight is 300 g/mol. The van der Waals surface area contributed by atoms with Gasteiger partial charge in [-0.2, -0.15) is 0 Å². The van der Waals surface area contributed by atoms with Gasteiger partial charge < -0.3 is 0 Å². The van der Waals surface area contributed by atoms with E-state index < -0.39 is 12.0 Å². The molecule has 14 heavy (non-hydrogen) atoms. The predicted molar refractivity (Wildman–Crippen MR) is 56.4 cm³/mol. The Kier molecular flexibility index (Phi) is 4.12. The summed E-state index contributed by atoms with van der Waals surface area (Å²) in [5.41, 5.74) is -0.604. The van der Waals surface area contributed by atoms with Crippen LogP contribution < -0.4 is 0 Å². The van der Waals surface area contributed by atoms with Crippen LogP contribution in [0.5, 0.6) is 0 Å². The zero-order chi connectivity index (χ0) is 11.0. The van der Waals surface area contributed by atoms with Crippen molar-refractivity contribution >= 4 is 58.0 Å². The molecule has 7 heteroatoms. The lowest BCUT2D eigenvalue weighted by Gasteiger charge is -2.10. The summed E-state index contributed by atoms with van der Waals surface area (Å²) in [5.74, 6) is 0. The maximum Gasteiger partial charge on any atom is 0.266 e. The molecule has 0 saturated carbocycles. The van der Waals surface area contributed by atoms with Gasteiger partial charge in [-0.15, -0.1) is 0 Å². The number of halogens is 7. The van der Waals surface area contributed by atoms with Crippen molar-refractivity contribution in [2.24, 2.45) is 0 Å². The van der Waals surface area contributed by atoms with E-state index in [4.69, 9.17) is 58.0 Å². The summed E-state index contributed by atoms with van der Waals surface area (Å²) in [7, 11) is 0. The smallest absolute Gasteiger partial charge is 0.205 e. The zero-order valence-corrected chi connectivity index (χ0v) is 10.0. The van der Waals surface area contributed by atoms with Gasteiger partial charge in [-0.3, -0.25) is 0 Å². The quantitative estimate of drug-likeness (QED) is 0.448. The van der Waals surface area contributed by atoms with Crippen molar-refractivity contribution in [3.8, 4) is 0 Å². The van der Waals surface area contributed by atoms with Crippen LogP contribution in [0.4, 0.5) is 8.78 Å². The Hall–Kier alpha value is 0.530. The molecule has 0 spiro atoms. The van der Waals surface area contributed by atoms with Crippen LogP contribution in [0.1, 0.15) is 12.0 Å². The van der Waals surface area contributed by atoms with Gasteiger partial charge in [0.05, 0.1) is 30.7 Å². The van der Waals surface area contributed by atoms with Gasteiger partial charge in [0.1, 0.15) is 0 Å². The minimum Gasteiger partial charge on any atom is -0.205 e. The molecule has 0 unspecified atom stereocenters. The van der Waals surface area contributed by atoms with Gasteiger partial charge in [0.2, 0.25) is 0 Å². The fraction of sp³-hybridized carbons (Fsp3) is 0.143. The fourth-order valence-electron chi connectivity index (χ4n) is 0.813. The van der Waals surface area contributed by atoms with Crippen LogP contribution in [0.3, 0.4) is 0 Å². The molecule has 0 aliphatic rings. The number of rotatable bonds is 1. The third kappa shape index (κ3) is 2.05. The first kappa shape index (κ1) is 12.6. The Labute approximate surface area is 104 Å². The highest BCUT2D eigenvalue weighted by molar-refractivity contribution is 6.55. The Bertz CT molecular complexity index is 348. The molecule has 0 atom stereocenters. The van der Waals surface area contributed by atoms with Crippen LogP contribution in [-0.2, 0) is 0 Å². The summed E-state index contributed by atoms with van der Waals surface area (Å²) >= 11 is 27.8. The second-order valence-electron chi connectivity index (χ2n) is 2.28. The molecular weight excluding hydrogens is 299 g/mol. The van der Waals surface area contributed by atoms with E-state index in [0.717, 1.165) is 0 Å². The van der Waals surface area contributed by atoms with E-state index in [9.17, 15) is 8.78 Å². The lowest BCUT2D eigenvalue weighted by atomic mass is 10.2. The highest BCUT2D eigenvalue weighted by Gasteiger charge is 2.24. The second kappa shape index (κ2) is 4.58. The topological polar surface area (TPSA) is 0 Å². The molecule has 0 N–H and O–H groups in total. The van der Waals surface area contributed by atoms with E-state index >= 15 is 0 Å². The minimum atomic E-state index is -2.86. The average Bonchev–Trinajstić information content (AvgIpc) is 2.11. The SMILES string of the molecule is FC(F)c1c(Cl)c(Cl)c(Cl)c(Cl)c1Cl. The van der Waals surface area contributed by atoms with Gasteiger partial charge >= 0.3 is 0 Å². The van der Waals surface area contributed by atoms with E-state index in [0.29, 0.717) is 0 Å². The zero-order valence-electron chi connectivity index (χ0n) is 6.22. The third-order valence-corrected chi connectivity index (χ3v) is 3.77. The summed E-state index contributed by atoms with van der Waals surface area (Å²) in [6.45, 7) is 0. The van der Waals surface area contributed by atoms with Crippen molar-refractivity contribution in [1.82, 2.24) is 0 Å². The van der Waals surface area contributed by atoms with Crippen molar-refractivity contribution in [3.63, 3.8) is 0 Å². The molecule has 1 rings (SSSR count). The Balaban J connectivity index is 3.60. The number of hydrogen-bond acceptors (Lipinski definition) is 0. The Morgan fingerprint density at radius 2 is 0.929 bits per heavy atom. The number of benzene rings is 1. The van der Waals surface area contributed by atoms with E-state index in [1.165, 1.54) is 0 Å². The molecule has 0 bridgehead atoms. The number of alkyl halides is 2. The van der Waals surface area contributed by atoms with Gasteiger partial charge in [0.25, 0.3) is 6.43 Å². The maximum absolute atomic E-state index is 12.5. The molecular formula is C7HCl5F2. The third-order valence-electron chi connectivity index (χ3n) is 1.46. The van der Waals surface area contributed by atoms with Crippen molar-refractivity contribution in [3.05, 3.63) is 30.7 Å². The Morgan fingerprint density at radius 3 is 1.21 bits per heavy atom. The molecule has 0 nitrogen and oxygen atoms in total. The van der Waals surface area contributed by atoms with Crippen LogP contribution in [0.15, 0.2) is 0 Å². The molecule has 0 aliphatic carbocycles. The standard InChI is InChI=1S/C7HCl5F2/c8-2-1(7(13)14)3(9)5(11)6(12)4(2)10/h7H. The summed E-state index contributed by atoms with van der Waals surface area (Å²) in [5, 5.41) is -1.33. The molecule has 0 aromatic heterocycles. The fourth-order valence-corrected chi connectivity index (χ4v) is 2.13. The first-order valence-electron chi connectivity index (χ1n) is 3.17. The van der Waals surface area contributed by atoms with Crippen LogP contribution in [0, 0.1) is 0 Å². The summed E-state index contributed by atoms with van der Waals surface area (Å²) in [6.07, 6.45) is -2.86.